The Hall–Kier alpha value is -0.610. The van der Waals surface area contributed by atoms with Crippen LogP contribution in [0.2, 0.25) is 0 Å². The van der Waals surface area contributed by atoms with Crippen LogP contribution in [0.4, 0.5) is 0 Å². The van der Waals surface area contributed by atoms with Gasteiger partial charge < -0.3 is 16.2 Å². The first-order valence-electron chi connectivity index (χ1n) is 4.66. The molecule has 0 spiro atoms. The van der Waals surface area contributed by atoms with Gasteiger partial charge in [0.1, 0.15) is 0 Å². The maximum Gasteiger partial charge on any atom is 0.237 e. The van der Waals surface area contributed by atoms with Crippen LogP contribution in [0.15, 0.2) is 0 Å². The van der Waals surface area contributed by atoms with E-state index >= 15 is 0 Å². The first-order chi connectivity index (χ1) is 5.95. The minimum Gasteiger partial charge on any atom is -0.393 e. The van der Waals surface area contributed by atoms with Crippen LogP contribution in [0.3, 0.4) is 0 Å². The quantitative estimate of drug-likeness (QED) is 0.562. The number of hydrogen-bond donors (Lipinski definition) is 3. The van der Waals surface area contributed by atoms with E-state index in [1.807, 2.05) is 13.8 Å². The molecule has 0 aliphatic heterocycles. The van der Waals surface area contributed by atoms with Crippen LogP contribution in [-0.4, -0.2) is 29.7 Å². The van der Waals surface area contributed by atoms with Crippen LogP contribution < -0.4 is 11.1 Å². The van der Waals surface area contributed by atoms with Gasteiger partial charge in [0.2, 0.25) is 5.91 Å². The largest absolute Gasteiger partial charge is 0.393 e. The van der Waals surface area contributed by atoms with Gasteiger partial charge in [-0.25, -0.2) is 0 Å². The molecule has 4 N–H and O–H groups in total. The maximum atomic E-state index is 11.2. The topological polar surface area (TPSA) is 75.3 Å². The summed E-state index contributed by atoms with van der Waals surface area (Å²) < 4.78 is 0. The molecule has 78 valence electrons. The Morgan fingerprint density at radius 3 is 2.38 bits per heavy atom. The lowest BCUT2D eigenvalue weighted by atomic mass is 10.1. The summed E-state index contributed by atoms with van der Waals surface area (Å²) in [6, 6.07) is -0.450. The number of carbonyl (C=O) groups excluding carboxylic acids is 1. The summed E-state index contributed by atoms with van der Waals surface area (Å²) in [6.07, 6.45) is 0.187. The second-order valence-corrected chi connectivity index (χ2v) is 3.70. The van der Waals surface area contributed by atoms with E-state index in [1.165, 1.54) is 0 Å². The van der Waals surface area contributed by atoms with Gasteiger partial charge in [-0.15, -0.1) is 0 Å². The van der Waals surface area contributed by atoms with Gasteiger partial charge in [0, 0.05) is 6.54 Å². The number of amides is 1. The molecule has 0 aromatic carbocycles. The average Bonchev–Trinajstić information content (AvgIpc) is 2.02. The summed E-state index contributed by atoms with van der Waals surface area (Å²) >= 11 is 0. The third-order valence-corrected chi connectivity index (χ3v) is 1.88. The van der Waals surface area contributed by atoms with Crippen LogP contribution in [0.1, 0.15) is 27.2 Å². The number of aliphatic hydroxyl groups excluding tert-OH is 1. The minimum atomic E-state index is -0.450. The van der Waals surface area contributed by atoms with Gasteiger partial charge in [-0.3, -0.25) is 4.79 Å². The molecule has 0 aliphatic carbocycles. The van der Waals surface area contributed by atoms with E-state index < -0.39 is 6.04 Å². The third-order valence-electron chi connectivity index (χ3n) is 1.88. The predicted octanol–water partition coefficient (Wildman–Crippen LogP) is -0.143. The highest BCUT2D eigenvalue weighted by atomic mass is 16.3. The van der Waals surface area contributed by atoms with Crippen LogP contribution >= 0.6 is 0 Å². The summed E-state index contributed by atoms with van der Waals surface area (Å²) in [5.41, 5.74) is 5.60. The van der Waals surface area contributed by atoms with Crippen LogP contribution in [0.25, 0.3) is 0 Å². The van der Waals surface area contributed by atoms with Crippen molar-refractivity contribution in [3.05, 3.63) is 0 Å². The molecule has 2 atom stereocenters. The van der Waals surface area contributed by atoms with Crippen molar-refractivity contribution in [2.75, 3.05) is 6.54 Å². The highest BCUT2D eigenvalue weighted by molar-refractivity contribution is 5.81. The normalized spacial score (nSPS) is 15.5. The minimum absolute atomic E-state index is 0.143. The fourth-order valence-corrected chi connectivity index (χ4v) is 0.825. The van der Waals surface area contributed by atoms with E-state index in [9.17, 15) is 4.79 Å². The zero-order valence-corrected chi connectivity index (χ0v) is 8.58. The molecule has 0 aliphatic rings. The lowest BCUT2D eigenvalue weighted by Crippen LogP contribution is -2.44. The summed E-state index contributed by atoms with van der Waals surface area (Å²) in [7, 11) is 0. The molecule has 0 aromatic rings. The van der Waals surface area contributed by atoms with E-state index in [-0.39, 0.29) is 17.9 Å². The molecule has 4 nitrogen and oxygen atoms in total. The molecule has 0 fully saturated rings. The van der Waals surface area contributed by atoms with Gasteiger partial charge in [-0.1, -0.05) is 13.8 Å². The molecular formula is C9H20N2O2. The summed E-state index contributed by atoms with van der Waals surface area (Å²) in [5.74, 6) is 0.00204. The number of aliphatic hydroxyl groups is 1. The standard InChI is InChI=1S/C9H20N2O2/c1-6(2)8(10)9(13)11-5-4-7(3)12/h6-8,12H,4-5,10H2,1-3H3,(H,11,13)/t7?,8-/m0/s1. The number of carbonyl (C=O) groups is 1. The zero-order valence-electron chi connectivity index (χ0n) is 8.58. The first-order valence-corrected chi connectivity index (χ1v) is 4.66. The molecule has 0 heterocycles. The Morgan fingerprint density at radius 1 is 1.46 bits per heavy atom. The van der Waals surface area contributed by atoms with Gasteiger partial charge >= 0.3 is 0 Å². The Morgan fingerprint density at radius 2 is 2.00 bits per heavy atom. The lowest BCUT2D eigenvalue weighted by molar-refractivity contribution is -0.123. The summed E-state index contributed by atoms with van der Waals surface area (Å²) in [4.78, 5) is 11.2. The van der Waals surface area contributed by atoms with Gasteiger partial charge in [-0.2, -0.15) is 0 Å². The maximum absolute atomic E-state index is 11.2. The molecule has 4 heteroatoms. The lowest BCUT2D eigenvalue weighted by Gasteiger charge is -2.15. The van der Waals surface area contributed by atoms with Crippen molar-refractivity contribution in [2.24, 2.45) is 11.7 Å². The Balaban J connectivity index is 3.62. The van der Waals surface area contributed by atoms with Crippen molar-refractivity contribution in [1.29, 1.82) is 0 Å². The Kier molecular flexibility index (Phi) is 5.66. The highest BCUT2D eigenvalue weighted by Gasteiger charge is 2.16. The number of hydrogen-bond acceptors (Lipinski definition) is 3. The van der Waals surface area contributed by atoms with Crippen molar-refractivity contribution in [3.63, 3.8) is 0 Å². The number of nitrogens with two attached hydrogens (primary N) is 1. The van der Waals surface area contributed by atoms with Crippen molar-refractivity contribution >= 4 is 5.91 Å². The molecule has 0 saturated heterocycles. The van der Waals surface area contributed by atoms with Gasteiger partial charge in [0.25, 0.3) is 0 Å². The molecular weight excluding hydrogens is 168 g/mol. The third kappa shape index (κ3) is 5.60. The van der Waals surface area contributed by atoms with E-state index in [0.717, 1.165) is 0 Å². The van der Waals surface area contributed by atoms with Gasteiger partial charge in [-0.05, 0) is 19.3 Å². The molecule has 0 radical (unpaired) electrons. The van der Waals surface area contributed by atoms with E-state index in [0.29, 0.717) is 13.0 Å². The average molecular weight is 188 g/mol. The summed E-state index contributed by atoms with van der Waals surface area (Å²) in [6.45, 7) is 5.98. The second-order valence-electron chi connectivity index (χ2n) is 3.70. The fourth-order valence-electron chi connectivity index (χ4n) is 0.825. The second kappa shape index (κ2) is 5.94. The molecule has 0 saturated carbocycles. The summed E-state index contributed by atoms with van der Waals surface area (Å²) in [5, 5.41) is 11.6. The van der Waals surface area contributed by atoms with Crippen molar-refractivity contribution in [2.45, 2.75) is 39.3 Å². The monoisotopic (exact) mass is 188 g/mol. The molecule has 1 unspecified atom stereocenters. The van der Waals surface area contributed by atoms with E-state index in [4.69, 9.17) is 10.8 Å². The molecule has 0 rings (SSSR count). The molecule has 0 aromatic heterocycles. The SMILES string of the molecule is CC(O)CCNC(=O)[C@@H](N)C(C)C. The van der Waals surface area contributed by atoms with Crippen LogP contribution in [0.5, 0.6) is 0 Å². The highest BCUT2D eigenvalue weighted by Crippen LogP contribution is 1.97. The number of rotatable bonds is 5. The van der Waals surface area contributed by atoms with Crippen molar-refractivity contribution < 1.29 is 9.90 Å². The molecule has 1 amide bonds. The van der Waals surface area contributed by atoms with Gasteiger partial charge in [0.05, 0.1) is 12.1 Å². The van der Waals surface area contributed by atoms with Gasteiger partial charge in [0.15, 0.2) is 0 Å². The van der Waals surface area contributed by atoms with Crippen LogP contribution in [-0.2, 0) is 4.79 Å². The number of nitrogens with one attached hydrogen (secondary N) is 1. The van der Waals surface area contributed by atoms with Crippen LogP contribution in [0, 0.1) is 5.92 Å². The smallest absolute Gasteiger partial charge is 0.237 e. The zero-order chi connectivity index (χ0) is 10.4. The van der Waals surface area contributed by atoms with E-state index in [1.54, 1.807) is 6.92 Å². The first kappa shape index (κ1) is 12.4. The van der Waals surface area contributed by atoms with E-state index in [2.05, 4.69) is 5.32 Å². The predicted molar refractivity (Wildman–Crippen MR) is 52.1 cm³/mol. The Bertz CT molecular complexity index is 158. The van der Waals surface area contributed by atoms with Crippen molar-refractivity contribution in [3.8, 4) is 0 Å². The van der Waals surface area contributed by atoms with Crippen molar-refractivity contribution in [1.82, 2.24) is 5.32 Å². The Labute approximate surface area is 79.5 Å². The molecule has 0 bridgehead atoms. The molecule has 13 heavy (non-hydrogen) atoms. The fraction of sp³-hybridized carbons (Fsp3) is 0.889.